The zero-order chi connectivity index (χ0) is 15.5. The van der Waals surface area contributed by atoms with E-state index in [-0.39, 0.29) is 5.12 Å². The molecule has 0 heterocycles. The van der Waals surface area contributed by atoms with Gasteiger partial charge in [-0.25, -0.2) is 0 Å². The van der Waals surface area contributed by atoms with Crippen molar-refractivity contribution in [2.24, 2.45) is 0 Å². The molecule has 2 N–H and O–H groups in total. The Kier molecular flexibility index (Phi) is 5.04. The number of hydrogen-bond donors (Lipinski definition) is 2. The van der Waals surface area contributed by atoms with Gasteiger partial charge in [-0.15, -0.1) is 0 Å². The van der Waals surface area contributed by atoms with E-state index in [4.69, 9.17) is 0 Å². The van der Waals surface area contributed by atoms with Crippen molar-refractivity contribution in [2.45, 2.75) is 43.8 Å². The van der Waals surface area contributed by atoms with Gasteiger partial charge in [-0.2, -0.15) is 5.26 Å². The van der Waals surface area contributed by atoms with Crippen molar-refractivity contribution in [1.29, 1.82) is 5.26 Å². The third-order valence-electron chi connectivity index (χ3n) is 3.83. The van der Waals surface area contributed by atoms with Gasteiger partial charge >= 0.3 is 0 Å². The largest absolute Gasteiger partial charge is 0.390 e. The van der Waals surface area contributed by atoms with E-state index in [2.05, 4.69) is 6.07 Å². The molecule has 0 aliphatic heterocycles. The lowest BCUT2D eigenvalue weighted by Crippen LogP contribution is -2.19. The van der Waals surface area contributed by atoms with E-state index in [1.54, 1.807) is 6.07 Å². The maximum absolute atomic E-state index is 10.8. The monoisotopic (exact) mass is 305 g/mol. The van der Waals surface area contributed by atoms with Crippen molar-refractivity contribution in [1.82, 2.24) is 0 Å². The minimum Gasteiger partial charge on any atom is -0.390 e. The maximum Gasteiger partial charge on any atom is 0.185 e. The summed E-state index contributed by atoms with van der Waals surface area (Å²) in [5, 5.41) is 29.4. The minimum atomic E-state index is -0.994. The minimum absolute atomic E-state index is 0.00313. The predicted molar refractivity (Wildman–Crippen MR) is 81.7 cm³/mol. The second kappa shape index (κ2) is 6.61. The molecule has 21 heavy (non-hydrogen) atoms. The molecule has 0 bridgehead atoms. The van der Waals surface area contributed by atoms with Crippen molar-refractivity contribution in [3.05, 3.63) is 35.4 Å². The van der Waals surface area contributed by atoms with Crippen LogP contribution >= 0.6 is 11.8 Å². The van der Waals surface area contributed by atoms with Gasteiger partial charge < -0.3 is 10.2 Å². The summed E-state index contributed by atoms with van der Waals surface area (Å²) in [5.41, 5.74) is 1.13. The van der Waals surface area contributed by atoms with Gasteiger partial charge in [-0.05, 0) is 30.4 Å². The molecule has 2 rings (SSSR count). The fourth-order valence-electron chi connectivity index (χ4n) is 2.31. The highest BCUT2D eigenvalue weighted by Gasteiger charge is 2.45. The first-order valence-corrected chi connectivity index (χ1v) is 7.98. The van der Waals surface area contributed by atoms with Gasteiger partial charge in [0.1, 0.15) is 6.10 Å². The molecule has 0 saturated heterocycles. The van der Waals surface area contributed by atoms with Crippen LogP contribution in [-0.2, 0) is 10.2 Å². The molecule has 112 valence electrons. The lowest BCUT2D eigenvalue weighted by atomic mass is 9.93. The average molecular weight is 305 g/mol. The second-order valence-electron chi connectivity index (χ2n) is 5.46. The van der Waals surface area contributed by atoms with E-state index in [1.165, 1.54) is 6.92 Å². The highest BCUT2D eigenvalue weighted by molar-refractivity contribution is 8.13. The first kappa shape index (κ1) is 16.0. The lowest BCUT2D eigenvalue weighted by molar-refractivity contribution is -0.109. The third-order valence-corrected chi connectivity index (χ3v) is 4.67. The Bertz CT molecular complexity index is 563. The van der Waals surface area contributed by atoms with Crippen LogP contribution in [0.25, 0.3) is 0 Å². The van der Waals surface area contributed by atoms with Crippen LogP contribution in [0.1, 0.15) is 43.4 Å². The van der Waals surface area contributed by atoms with E-state index in [9.17, 15) is 20.3 Å². The quantitative estimate of drug-likeness (QED) is 0.843. The lowest BCUT2D eigenvalue weighted by Gasteiger charge is -2.19. The Morgan fingerprint density at radius 3 is 2.76 bits per heavy atom. The Labute approximate surface area is 128 Å². The fraction of sp³-hybridized carbons (Fsp3) is 0.500. The maximum atomic E-state index is 10.8. The molecule has 0 radical (unpaired) electrons. The average Bonchev–Trinajstić information content (AvgIpc) is 3.27. The molecule has 2 atom stereocenters. The summed E-state index contributed by atoms with van der Waals surface area (Å²) in [6.45, 7) is 1.48. The van der Waals surface area contributed by atoms with Gasteiger partial charge in [-0.3, -0.25) is 4.79 Å². The molecule has 0 spiro atoms. The number of benzene rings is 1. The number of hydrogen-bond acceptors (Lipinski definition) is 5. The van der Waals surface area contributed by atoms with Gasteiger partial charge in [0.25, 0.3) is 0 Å². The number of aliphatic hydroxyl groups excluding tert-OH is 2. The van der Waals surface area contributed by atoms with Crippen LogP contribution in [0.5, 0.6) is 0 Å². The normalized spacial score (nSPS) is 18.6. The van der Waals surface area contributed by atoms with Crippen LogP contribution in [0.15, 0.2) is 24.3 Å². The van der Waals surface area contributed by atoms with E-state index >= 15 is 0 Å². The van der Waals surface area contributed by atoms with E-state index in [1.807, 2.05) is 18.2 Å². The smallest absolute Gasteiger partial charge is 0.185 e. The molecule has 0 aromatic heterocycles. The van der Waals surface area contributed by atoms with E-state index in [0.29, 0.717) is 17.7 Å². The number of nitriles is 1. The van der Waals surface area contributed by atoms with Gasteiger partial charge in [0, 0.05) is 12.7 Å². The van der Waals surface area contributed by atoms with Gasteiger partial charge in [0.2, 0.25) is 0 Å². The Morgan fingerprint density at radius 1 is 1.48 bits per heavy atom. The first-order chi connectivity index (χ1) is 9.98. The summed E-state index contributed by atoms with van der Waals surface area (Å²) < 4.78 is 0. The number of rotatable bonds is 6. The summed E-state index contributed by atoms with van der Waals surface area (Å²) in [7, 11) is 0. The molecule has 1 aliphatic carbocycles. The molecule has 1 aliphatic rings. The highest BCUT2D eigenvalue weighted by Crippen LogP contribution is 2.47. The molecule has 1 saturated carbocycles. The second-order valence-corrected chi connectivity index (χ2v) is 6.73. The molecule has 2 unspecified atom stereocenters. The molecule has 5 heteroatoms. The van der Waals surface area contributed by atoms with Crippen LogP contribution in [0.3, 0.4) is 0 Å². The number of thioether (sulfide) groups is 1. The van der Waals surface area contributed by atoms with Gasteiger partial charge in [0.05, 0.1) is 17.6 Å². The Morgan fingerprint density at radius 2 is 2.19 bits per heavy atom. The zero-order valence-corrected chi connectivity index (χ0v) is 12.8. The van der Waals surface area contributed by atoms with Crippen LogP contribution < -0.4 is 0 Å². The zero-order valence-electron chi connectivity index (χ0n) is 12.0. The summed E-state index contributed by atoms with van der Waals surface area (Å²) in [6, 6.07) is 9.59. The fourth-order valence-corrected chi connectivity index (χ4v) is 2.96. The van der Waals surface area contributed by atoms with Crippen molar-refractivity contribution in [3.8, 4) is 6.07 Å². The van der Waals surface area contributed by atoms with Crippen LogP contribution in [0, 0.1) is 11.3 Å². The number of carbonyl (C=O) groups excluding carboxylic acids is 1. The predicted octanol–water partition coefficient (Wildman–Crippen LogP) is 2.31. The standard InChI is InChI=1S/C16H19NO3S/c1-11(18)21-8-5-14(19)15(20)12-3-2-4-13(9-12)16(10-17)6-7-16/h2-4,9,14-15,19-20H,5-8H2,1H3. The van der Waals surface area contributed by atoms with Crippen LogP contribution in [0.2, 0.25) is 0 Å². The molecular weight excluding hydrogens is 286 g/mol. The summed E-state index contributed by atoms with van der Waals surface area (Å²) in [6.07, 6.45) is 0.136. The molecule has 1 aromatic rings. The highest BCUT2D eigenvalue weighted by atomic mass is 32.2. The summed E-state index contributed by atoms with van der Waals surface area (Å²) in [5.74, 6) is 0.482. The molecule has 0 amide bonds. The van der Waals surface area contributed by atoms with Crippen LogP contribution in [0.4, 0.5) is 0 Å². The number of carbonyl (C=O) groups is 1. The van der Waals surface area contributed by atoms with E-state index < -0.39 is 17.6 Å². The van der Waals surface area contributed by atoms with Gasteiger partial charge in [-0.1, -0.05) is 36.0 Å². The number of nitrogens with zero attached hydrogens (tertiary/aromatic N) is 1. The topological polar surface area (TPSA) is 81.3 Å². The van der Waals surface area contributed by atoms with Crippen LogP contribution in [-0.4, -0.2) is 27.2 Å². The Balaban J connectivity index is 2.02. The molecule has 1 fully saturated rings. The van der Waals surface area contributed by atoms with Crippen molar-refractivity contribution in [2.75, 3.05) is 5.75 Å². The molecule has 1 aromatic carbocycles. The Hall–Kier alpha value is -1.35. The first-order valence-electron chi connectivity index (χ1n) is 7.00. The van der Waals surface area contributed by atoms with Crippen molar-refractivity contribution in [3.63, 3.8) is 0 Å². The van der Waals surface area contributed by atoms with Gasteiger partial charge in [0.15, 0.2) is 5.12 Å². The summed E-state index contributed by atoms with van der Waals surface area (Å²) in [4.78, 5) is 10.8. The number of aliphatic hydroxyl groups is 2. The third kappa shape index (κ3) is 3.85. The molecular formula is C16H19NO3S. The molecule has 4 nitrogen and oxygen atoms in total. The van der Waals surface area contributed by atoms with Crippen molar-refractivity contribution < 1.29 is 15.0 Å². The SMILES string of the molecule is CC(=O)SCCC(O)C(O)c1cccc(C2(C#N)CC2)c1. The van der Waals surface area contributed by atoms with E-state index in [0.717, 1.165) is 30.2 Å². The summed E-state index contributed by atoms with van der Waals surface area (Å²) >= 11 is 1.14. The van der Waals surface area contributed by atoms with Crippen molar-refractivity contribution >= 4 is 16.9 Å².